The highest BCUT2D eigenvalue weighted by Gasteiger charge is 2.35. The smallest absolute Gasteiger partial charge is 0.292 e. The van der Waals surface area contributed by atoms with Gasteiger partial charge in [0.1, 0.15) is 16.5 Å². The number of aromatic nitrogens is 3. The fraction of sp³-hybridized carbons (Fsp3) is 0.105. The van der Waals surface area contributed by atoms with Crippen LogP contribution in [0.4, 0.5) is 17.6 Å². The largest absolute Gasteiger partial charge is 0.431 e. The van der Waals surface area contributed by atoms with Gasteiger partial charge in [-0.25, -0.2) is 18.7 Å². The van der Waals surface area contributed by atoms with Gasteiger partial charge >= 0.3 is 11.9 Å². The van der Waals surface area contributed by atoms with Crippen molar-refractivity contribution in [2.24, 2.45) is 7.05 Å². The second-order valence-corrected chi connectivity index (χ2v) is 7.75. The molecule has 4 rings (SSSR count). The van der Waals surface area contributed by atoms with Gasteiger partial charge in [-0.15, -0.1) is 11.3 Å². The molecule has 154 valence electrons. The molecule has 2 heterocycles. The van der Waals surface area contributed by atoms with E-state index in [1.165, 1.54) is 11.3 Å². The van der Waals surface area contributed by atoms with Crippen LogP contribution in [0.5, 0.6) is 0 Å². The van der Waals surface area contributed by atoms with Gasteiger partial charge in [0.05, 0.1) is 20.9 Å². The maximum absolute atomic E-state index is 14.6. The molecule has 0 aliphatic carbocycles. The molecule has 2 aromatic heterocycles. The number of benzene rings is 2. The molecule has 0 fully saturated rings. The minimum atomic E-state index is -4.92. The lowest BCUT2D eigenvalue weighted by molar-refractivity contribution is -0.144. The van der Waals surface area contributed by atoms with Crippen molar-refractivity contribution >= 4 is 33.2 Å². The summed E-state index contributed by atoms with van der Waals surface area (Å²) in [7, 11) is 0.851. The summed E-state index contributed by atoms with van der Waals surface area (Å²) in [6.45, 7) is 0. The van der Waals surface area contributed by atoms with Crippen molar-refractivity contribution in [3.8, 4) is 16.3 Å². The highest BCUT2D eigenvalue weighted by Crippen LogP contribution is 2.36. The normalized spacial score (nSPS) is 11.9. The van der Waals surface area contributed by atoms with Crippen molar-refractivity contribution < 1.29 is 17.6 Å². The van der Waals surface area contributed by atoms with E-state index in [1.54, 1.807) is 12.1 Å². The molecule has 0 spiro atoms. The number of hydrogen-bond acceptors (Lipinski definition) is 4. The van der Waals surface area contributed by atoms with Gasteiger partial charge in [-0.3, -0.25) is 9.36 Å². The van der Waals surface area contributed by atoms with E-state index in [0.29, 0.717) is 15.1 Å². The van der Waals surface area contributed by atoms with E-state index >= 15 is 0 Å². The van der Waals surface area contributed by atoms with Crippen molar-refractivity contribution in [3.05, 3.63) is 79.8 Å². The van der Waals surface area contributed by atoms with Gasteiger partial charge in [0.15, 0.2) is 0 Å². The van der Waals surface area contributed by atoms with Gasteiger partial charge in [-0.1, -0.05) is 23.7 Å². The molecule has 0 saturated heterocycles. The van der Waals surface area contributed by atoms with Crippen LogP contribution in [0.15, 0.2) is 52.1 Å². The van der Waals surface area contributed by atoms with E-state index in [0.717, 1.165) is 23.9 Å². The summed E-state index contributed by atoms with van der Waals surface area (Å²) in [6, 6.07) is 9.46. The van der Waals surface area contributed by atoms with E-state index in [1.807, 2.05) is 12.1 Å². The van der Waals surface area contributed by atoms with Crippen molar-refractivity contribution in [1.82, 2.24) is 14.1 Å². The second-order valence-electron chi connectivity index (χ2n) is 6.31. The number of nitrogens with zero attached hydrogens (tertiary/aromatic N) is 3. The molecule has 0 radical (unpaired) electrons. The van der Waals surface area contributed by atoms with Crippen LogP contribution in [0.2, 0.25) is 5.02 Å². The monoisotopic (exact) mass is 455 g/mol. The minimum absolute atomic E-state index is 0.0212. The molecule has 0 atom stereocenters. The number of rotatable bonds is 2. The van der Waals surface area contributed by atoms with E-state index in [4.69, 9.17) is 11.6 Å². The lowest BCUT2D eigenvalue weighted by atomic mass is 10.2. The Morgan fingerprint density at radius 3 is 2.47 bits per heavy atom. The molecule has 0 aliphatic rings. The molecule has 0 bridgehead atoms. The van der Waals surface area contributed by atoms with Crippen LogP contribution < -0.4 is 11.2 Å². The summed E-state index contributed by atoms with van der Waals surface area (Å²) in [4.78, 5) is 29.2. The van der Waals surface area contributed by atoms with E-state index in [9.17, 15) is 27.2 Å². The minimum Gasteiger partial charge on any atom is -0.292 e. The maximum Gasteiger partial charge on any atom is 0.431 e. The number of halogens is 5. The molecule has 0 saturated carbocycles. The van der Waals surface area contributed by atoms with Gasteiger partial charge in [0.25, 0.3) is 5.56 Å². The van der Waals surface area contributed by atoms with Crippen LogP contribution in [0.25, 0.3) is 26.5 Å². The summed E-state index contributed by atoms with van der Waals surface area (Å²) < 4.78 is 55.2. The Bertz CT molecular complexity index is 1390. The number of hydrogen-bond donors (Lipinski definition) is 0. The Hall–Kier alpha value is -2.98. The highest BCUT2D eigenvalue weighted by atomic mass is 35.5. The molecule has 0 N–H and O–H groups in total. The van der Waals surface area contributed by atoms with Gasteiger partial charge in [0, 0.05) is 18.7 Å². The van der Waals surface area contributed by atoms with Crippen molar-refractivity contribution in [2.75, 3.05) is 0 Å². The predicted octanol–water partition coefficient (Wildman–Crippen LogP) is 4.62. The van der Waals surface area contributed by atoms with Gasteiger partial charge in [-0.2, -0.15) is 13.2 Å². The molecule has 5 nitrogen and oxygen atoms in total. The molecule has 2 aromatic carbocycles. The molecule has 11 heteroatoms. The van der Waals surface area contributed by atoms with Gasteiger partial charge < -0.3 is 0 Å². The first-order valence-corrected chi connectivity index (χ1v) is 9.53. The van der Waals surface area contributed by atoms with Crippen LogP contribution in [0.1, 0.15) is 5.69 Å². The zero-order chi connectivity index (χ0) is 21.8. The standard InChI is InChI=1S/C19H10ClF4N3O2S/c1-26-15(19(22,23)24)8-16(28)27(18(26)29)13-6-9(10(20)7-11(13)21)17-25-12-4-2-3-5-14(12)30-17/h2-8H,1H3. The Morgan fingerprint density at radius 1 is 1.10 bits per heavy atom. The first kappa shape index (κ1) is 20.3. The summed E-state index contributed by atoms with van der Waals surface area (Å²) in [5.74, 6) is -1.04. The Morgan fingerprint density at radius 2 is 1.80 bits per heavy atom. The highest BCUT2D eigenvalue weighted by molar-refractivity contribution is 7.21. The third-order valence-corrected chi connectivity index (χ3v) is 5.79. The van der Waals surface area contributed by atoms with E-state index < -0.39 is 34.6 Å². The van der Waals surface area contributed by atoms with Crippen molar-refractivity contribution in [3.63, 3.8) is 0 Å². The van der Waals surface area contributed by atoms with Crippen molar-refractivity contribution in [2.45, 2.75) is 6.18 Å². The molecular formula is C19H10ClF4N3O2S. The fourth-order valence-electron chi connectivity index (χ4n) is 2.98. The van der Waals surface area contributed by atoms with Gasteiger partial charge in [0.2, 0.25) is 0 Å². The van der Waals surface area contributed by atoms with Crippen LogP contribution in [-0.2, 0) is 13.2 Å². The molecule has 0 aliphatic heterocycles. The molecule has 4 aromatic rings. The van der Waals surface area contributed by atoms with Crippen LogP contribution in [0.3, 0.4) is 0 Å². The Labute approximate surface area is 174 Å². The van der Waals surface area contributed by atoms with Crippen LogP contribution in [-0.4, -0.2) is 14.1 Å². The number of alkyl halides is 3. The predicted molar refractivity (Wildman–Crippen MR) is 106 cm³/mol. The van der Waals surface area contributed by atoms with Gasteiger partial charge in [-0.05, 0) is 24.3 Å². The average molecular weight is 456 g/mol. The second kappa shape index (κ2) is 7.06. The SMILES string of the molecule is Cn1c(C(F)(F)F)cc(=O)n(-c2cc(-c3nc4ccccc4s3)c(Cl)cc2F)c1=O. The van der Waals surface area contributed by atoms with Crippen LogP contribution >= 0.6 is 22.9 Å². The summed E-state index contributed by atoms with van der Waals surface area (Å²) in [6.07, 6.45) is -4.92. The van der Waals surface area contributed by atoms with Crippen molar-refractivity contribution in [1.29, 1.82) is 0 Å². The topological polar surface area (TPSA) is 56.9 Å². The average Bonchev–Trinajstić information content (AvgIpc) is 3.09. The number of fused-ring (bicyclic) bond motifs is 1. The zero-order valence-corrected chi connectivity index (χ0v) is 16.6. The quantitative estimate of drug-likeness (QED) is 0.414. The summed E-state index contributed by atoms with van der Waals surface area (Å²) in [5.41, 5.74) is -3.71. The first-order chi connectivity index (χ1) is 14.1. The number of para-hydroxylation sites is 1. The van der Waals surface area contributed by atoms with E-state index in [2.05, 4.69) is 4.98 Å². The fourth-order valence-corrected chi connectivity index (χ4v) is 4.27. The zero-order valence-electron chi connectivity index (χ0n) is 15.0. The van der Waals surface area contributed by atoms with Crippen LogP contribution in [0, 0.1) is 5.82 Å². The number of thiazole rings is 1. The maximum atomic E-state index is 14.6. The Kier molecular flexibility index (Phi) is 4.78. The molecule has 0 amide bonds. The third-order valence-electron chi connectivity index (χ3n) is 4.41. The third kappa shape index (κ3) is 3.31. The summed E-state index contributed by atoms with van der Waals surface area (Å²) in [5, 5.41) is 0.381. The molecular weight excluding hydrogens is 446 g/mol. The van der Waals surface area contributed by atoms with E-state index in [-0.39, 0.29) is 21.2 Å². The summed E-state index contributed by atoms with van der Waals surface area (Å²) >= 11 is 7.41. The molecule has 0 unspecified atom stereocenters. The Balaban J connectivity index is 1.97. The first-order valence-electron chi connectivity index (χ1n) is 8.33. The molecule has 30 heavy (non-hydrogen) atoms. The lowest BCUT2D eigenvalue weighted by Gasteiger charge is -2.15. The lowest BCUT2D eigenvalue weighted by Crippen LogP contribution is -2.41.